The van der Waals surface area contributed by atoms with Crippen LogP contribution in [0, 0.1) is 6.92 Å². The van der Waals surface area contributed by atoms with Crippen LogP contribution in [0.4, 0.5) is 0 Å². The Labute approximate surface area is 124 Å². The quantitative estimate of drug-likeness (QED) is 0.505. The van der Waals surface area contributed by atoms with Gasteiger partial charge in [0.15, 0.2) is 0 Å². The predicted octanol–water partition coefficient (Wildman–Crippen LogP) is 2.15. The zero-order valence-corrected chi connectivity index (χ0v) is 12.3. The zero-order chi connectivity index (χ0) is 15.3. The molecule has 110 valence electrons. The van der Waals surface area contributed by atoms with Gasteiger partial charge in [-0.15, -0.1) is 0 Å². The lowest BCUT2D eigenvalue weighted by Crippen LogP contribution is -2.30. The first-order chi connectivity index (χ1) is 10.0. The molecule has 5 nitrogen and oxygen atoms in total. The largest absolute Gasteiger partial charge is 0.411 e. The molecule has 0 aliphatic rings. The molecule has 21 heavy (non-hydrogen) atoms. The molecule has 2 N–H and O–H groups in total. The van der Waals surface area contributed by atoms with Gasteiger partial charge in [-0.1, -0.05) is 53.2 Å². The zero-order valence-electron chi connectivity index (χ0n) is 11.5. The highest BCUT2D eigenvalue weighted by Crippen LogP contribution is 2.10. The number of hydrogen-bond acceptors (Lipinski definition) is 4. The highest BCUT2D eigenvalue weighted by atomic mass is 32.2. The van der Waals surface area contributed by atoms with Crippen molar-refractivity contribution >= 4 is 15.7 Å². The fourth-order valence-corrected chi connectivity index (χ4v) is 2.78. The average Bonchev–Trinajstić information content (AvgIpc) is 2.49. The van der Waals surface area contributed by atoms with E-state index in [0.717, 1.165) is 5.56 Å². The summed E-state index contributed by atoms with van der Waals surface area (Å²) in [5, 5.41) is 12.2. The van der Waals surface area contributed by atoms with Gasteiger partial charge in [-0.2, -0.15) is 0 Å². The van der Waals surface area contributed by atoms with Crippen molar-refractivity contribution in [2.75, 3.05) is 6.54 Å². The number of oxime groups is 1. The number of sulfonamides is 1. The lowest BCUT2D eigenvalue weighted by atomic mass is 10.1. The maximum Gasteiger partial charge on any atom is 0.240 e. The molecule has 0 amide bonds. The van der Waals surface area contributed by atoms with E-state index in [-0.39, 0.29) is 17.2 Å². The number of hydrogen-bond donors (Lipinski definition) is 2. The van der Waals surface area contributed by atoms with E-state index in [1.54, 1.807) is 36.4 Å². The fourth-order valence-electron chi connectivity index (χ4n) is 1.79. The molecule has 0 saturated carbocycles. The molecule has 0 fully saturated rings. The molecular weight excluding hydrogens is 288 g/mol. The molecule has 6 heteroatoms. The summed E-state index contributed by atoms with van der Waals surface area (Å²) in [7, 11) is -3.63. The molecule has 0 saturated heterocycles. The van der Waals surface area contributed by atoms with Gasteiger partial charge in [0.25, 0.3) is 0 Å². The van der Waals surface area contributed by atoms with Crippen molar-refractivity contribution in [2.24, 2.45) is 5.16 Å². The second-order valence-electron chi connectivity index (χ2n) is 4.55. The second kappa shape index (κ2) is 6.51. The summed E-state index contributed by atoms with van der Waals surface area (Å²) < 4.78 is 26.7. The predicted molar refractivity (Wildman–Crippen MR) is 81.1 cm³/mol. The van der Waals surface area contributed by atoms with Gasteiger partial charge < -0.3 is 5.21 Å². The third kappa shape index (κ3) is 3.90. The van der Waals surface area contributed by atoms with Crippen LogP contribution in [0.1, 0.15) is 11.1 Å². The van der Waals surface area contributed by atoms with Crippen LogP contribution in [0.2, 0.25) is 0 Å². The second-order valence-corrected chi connectivity index (χ2v) is 6.32. The van der Waals surface area contributed by atoms with Gasteiger partial charge in [-0.3, -0.25) is 0 Å². The molecule has 2 rings (SSSR count). The van der Waals surface area contributed by atoms with Gasteiger partial charge in [-0.25, -0.2) is 13.1 Å². The van der Waals surface area contributed by atoms with Crippen LogP contribution in [0.15, 0.2) is 64.6 Å². The summed E-state index contributed by atoms with van der Waals surface area (Å²) >= 11 is 0. The Bertz CT molecular complexity index is 723. The third-order valence-corrected chi connectivity index (χ3v) is 4.41. The summed E-state index contributed by atoms with van der Waals surface area (Å²) in [6, 6.07) is 15.4. The number of aryl methyl sites for hydroxylation is 1. The molecule has 2 aromatic carbocycles. The van der Waals surface area contributed by atoms with E-state index in [4.69, 9.17) is 5.21 Å². The molecule has 2 aromatic rings. The van der Waals surface area contributed by atoms with Crippen molar-refractivity contribution in [3.05, 3.63) is 65.7 Å². The number of benzene rings is 2. The minimum Gasteiger partial charge on any atom is -0.411 e. The highest BCUT2D eigenvalue weighted by Gasteiger charge is 2.15. The van der Waals surface area contributed by atoms with Crippen molar-refractivity contribution in [3.63, 3.8) is 0 Å². The van der Waals surface area contributed by atoms with Crippen LogP contribution < -0.4 is 4.72 Å². The highest BCUT2D eigenvalue weighted by molar-refractivity contribution is 7.89. The molecule has 0 spiro atoms. The van der Waals surface area contributed by atoms with Crippen molar-refractivity contribution in [1.29, 1.82) is 0 Å². The molecule has 0 atom stereocenters. The van der Waals surface area contributed by atoms with Crippen LogP contribution in [0.5, 0.6) is 0 Å². The van der Waals surface area contributed by atoms with E-state index in [0.29, 0.717) is 5.56 Å². The fraction of sp³-hybridized carbons (Fsp3) is 0.133. The topological polar surface area (TPSA) is 78.8 Å². The van der Waals surface area contributed by atoms with Crippen molar-refractivity contribution < 1.29 is 13.6 Å². The van der Waals surface area contributed by atoms with E-state index in [1.165, 1.54) is 12.1 Å². The van der Waals surface area contributed by atoms with Gasteiger partial charge in [-0.05, 0) is 19.1 Å². The van der Waals surface area contributed by atoms with Crippen molar-refractivity contribution in [2.45, 2.75) is 11.8 Å². The molecule has 0 heterocycles. The lowest BCUT2D eigenvalue weighted by molar-refractivity contribution is 0.318. The van der Waals surface area contributed by atoms with Crippen LogP contribution in [0.3, 0.4) is 0 Å². The van der Waals surface area contributed by atoms with Gasteiger partial charge >= 0.3 is 0 Å². The van der Waals surface area contributed by atoms with Gasteiger partial charge in [0, 0.05) is 5.56 Å². The molecule has 0 aliphatic carbocycles. The molecule has 0 aromatic heterocycles. The number of rotatable bonds is 5. The first kappa shape index (κ1) is 15.2. The van der Waals surface area contributed by atoms with E-state index >= 15 is 0 Å². The Morgan fingerprint density at radius 3 is 2.29 bits per heavy atom. The summed E-state index contributed by atoms with van der Waals surface area (Å²) in [4.78, 5) is 0.179. The lowest BCUT2D eigenvalue weighted by Gasteiger charge is -2.08. The Kier molecular flexibility index (Phi) is 4.72. The molecule has 0 bridgehead atoms. The SMILES string of the molecule is Cc1ccc(S(=O)(=O)NC/C(=N\O)c2ccccc2)cc1. The molecular formula is C15H16N2O3S. The van der Waals surface area contributed by atoms with E-state index in [2.05, 4.69) is 9.88 Å². The molecule has 0 radical (unpaired) electrons. The summed E-state index contributed by atoms with van der Waals surface area (Å²) in [6.45, 7) is 1.80. The van der Waals surface area contributed by atoms with E-state index in [9.17, 15) is 8.42 Å². The molecule has 0 aliphatic heterocycles. The number of nitrogens with one attached hydrogen (secondary N) is 1. The summed E-state index contributed by atoms with van der Waals surface area (Å²) in [6.07, 6.45) is 0. The van der Waals surface area contributed by atoms with Crippen LogP contribution in [-0.2, 0) is 10.0 Å². The van der Waals surface area contributed by atoms with Crippen LogP contribution in [-0.4, -0.2) is 25.9 Å². The minimum absolute atomic E-state index is 0.0866. The van der Waals surface area contributed by atoms with Gasteiger partial charge in [0.2, 0.25) is 10.0 Å². The van der Waals surface area contributed by atoms with E-state index in [1.807, 2.05) is 13.0 Å². The van der Waals surface area contributed by atoms with Crippen LogP contribution in [0.25, 0.3) is 0 Å². The maximum absolute atomic E-state index is 12.1. The first-order valence-electron chi connectivity index (χ1n) is 6.35. The van der Waals surface area contributed by atoms with Crippen molar-refractivity contribution in [1.82, 2.24) is 4.72 Å². The van der Waals surface area contributed by atoms with E-state index < -0.39 is 10.0 Å². The van der Waals surface area contributed by atoms with Gasteiger partial charge in [0.1, 0.15) is 5.71 Å². The smallest absolute Gasteiger partial charge is 0.240 e. The molecule has 0 unspecified atom stereocenters. The Morgan fingerprint density at radius 2 is 1.71 bits per heavy atom. The minimum atomic E-state index is -3.63. The normalized spacial score (nSPS) is 12.3. The number of nitrogens with zero attached hydrogens (tertiary/aromatic N) is 1. The third-order valence-electron chi connectivity index (χ3n) is 2.99. The Balaban J connectivity index is 2.13. The monoisotopic (exact) mass is 304 g/mol. The van der Waals surface area contributed by atoms with Gasteiger partial charge in [0.05, 0.1) is 11.4 Å². The average molecular weight is 304 g/mol. The van der Waals surface area contributed by atoms with Crippen LogP contribution >= 0.6 is 0 Å². The maximum atomic E-state index is 12.1. The summed E-state index contributed by atoms with van der Waals surface area (Å²) in [5.41, 5.74) is 1.90. The summed E-state index contributed by atoms with van der Waals surface area (Å²) in [5.74, 6) is 0. The Hall–Kier alpha value is -2.18. The standard InChI is InChI=1S/C15H16N2O3S/c1-12-7-9-14(10-8-12)21(19,20)16-11-15(17-18)13-5-3-2-4-6-13/h2-10,16,18H,11H2,1H3/b17-15+. The Morgan fingerprint density at radius 1 is 1.10 bits per heavy atom. The van der Waals surface area contributed by atoms with Crippen molar-refractivity contribution in [3.8, 4) is 0 Å². The first-order valence-corrected chi connectivity index (χ1v) is 7.84.